The molecule has 0 radical (unpaired) electrons. The highest BCUT2D eigenvalue weighted by Crippen LogP contribution is 2.16. The molecule has 6 nitrogen and oxygen atoms in total. The standard InChI is InChI=1S/C64H108O6/c1-4-7-10-13-16-19-22-25-27-29-31-32-33-35-36-39-42-45-48-51-54-57-63(66)69-60-61(59-68-62(65)56-53-50-47-44-41-38-24-21-18-15-12-9-6-3)70-64(67)58-55-52-49-46-43-40-37-34-30-28-26-23-20-17-14-11-8-5-2/h7,10,12,15-16,19,21,24-25,27,31-32,35-36,42,45,61H,4-6,8-9,11,13-14,17-18,20,22-23,26,28-30,33-34,37-41,43-44,46-60H2,1-3H3/b10-7-,15-12-,19-16-,24-21-,27-25-,32-31-,36-35-,45-42-. The minimum Gasteiger partial charge on any atom is -0.462 e. The van der Waals surface area contributed by atoms with Crippen molar-refractivity contribution in [1.29, 1.82) is 0 Å². The van der Waals surface area contributed by atoms with Crippen LogP contribution in [0.1, 0.15) is 271 Å². The molecule has 6 heteroatoms. The average Bonchev–Trinajstić information content (AvgIpc) is 3.36. The molecule has 0 heterocycles. The number of unbranched alkanes of at least 4 members (excludes halogenated alkanes) is 25. The molecular formula is C64H108O6. The zero-order valence-corrected chi connectivity index (χ0v) is 45.8. The fourth-order valence-corrected chi connectivity index (χ4v) is 7.95. The molecule has 0 aliphatic heterocycles. The van der Waals surface area contributed by atoms with Gasteiger partial charge < -0.3 is 14.2 Å². The third-order valence-electron chi connectivity index (χ3n) is 12.3. The summed E-state index contributed by atoms with van der Waals surface area (Å²) in [5, 5.41) is 0. The fourth-order valence-electron chi connectivity index (χ4n) is 7.95. The van der Waals surface area contributed by atoms with Gasteiger partial charge in [-0.1, -0.05) is 253 Å². The van der Waals surface area contributed by atoms with Gasteiger partial charge in [0.15, 0.2) is 6.10 Å². The predicted molar refractivity (Wildman–Crippen MR) is 302 cm³/mol. The van der Waals surface area contributed by atoms with Crippen molar-refractivity contribution in [3.05, 3.63) is 97.2 Å². The molecule has 0 saturated carbocycles. The molecule has 0 fully saturated rings. The van der Waals surface area contributed by atoms with Crippen molar-refractivity contribution in [2.24, 2.45) is 0 Å². The van der Waals surface area contributed by atoms with E-state index in [1.807, 2.05) is 0 Å². The highest BCUT2D eigenvalue weighted by molar-refractivity contribution is 5.71. The summed E-state index contributed by atoms with van der Waals surface area (Å²) in [7, 11) is 0. The molecule has 0 aromatic rings. The summed E-state index contributed by atoms with van der Waals surface area (Å²) in [5.41, 5.74) is 0. The van der Waals surface area contributed by atoms with Crippen molar-refractivity contribution in [1.82, 2.24) is 0 Å². The van der Waals surface area contributed by atoms with Gasteiger partial charge in [0.25, 0.3) is 0 Å². The Bertz CT molecular complexity index is 1400. The molecule has 0 aromatic heterocycles. The highest BCUT2D eigenvalue weighted by Gasteiger charge is 2.19. The Morgan fingerprint density at radius 1 is 0.300 bits per heavy atom. The lowest BCUT2D eigenvalue weighted by atomic mass is 10.0. The predicted octanol–water partition coefficient (Wildman–Crippen LogP) is 19.7. The van der Waals surface area contributed by atoms with E-state index in [1.165, 1.54) is 103 Å². The average molecular weight is 974 g/mol. The van der Waals surface area contributed by atoms with Crippen LogP contribution < -0.4 is 0 Å². The molecular weight excluding hydrogens is 865 g/mol. The van der Waals surface area contributed by atoms with E-state index in [0.29, 0.717) is 19.3 Å². The van der Waals surface area contributed by atoms with E-state index in [-0.39, 0.29) is 31.1 Å². The molecule has 0 aromatic carbocycles. The second-order valence-corrected chi connectivity index (χ2v) is 19.2. The third kappa shape index (κ3) is 55.3. The summed E-state index contributed by atoms with van der Waals surface area (Å²) in [5.74, 6) is -0.949. The lowest BCUT2D eigenvalue weighted by Crippen LogP contribution is -2.30. The zero-order valence-electron chi connectivity index (χ0n) is 45.8. The van der Waals surface area contributed by atoms with Gasteiger partial charge in [-0.05, 0) is 96.3 Å². The van der Waals surface area contributed by atoms with Crippen LogP contribution in [-0.2, 0) is 28.6 Å². The maximum absolute atomic E-state index is 12.9. The first-order valence-corrected chi connectivity index (χ1v) is 29.2. The maximum Gasteiger partial charge on any atom is 0.306 e. The van der Waals surface area contributed by atoms with Crippen molar-refractivity contribution in [3.8, 4) is 0 Å². The molecule has 0 amide bonds. The second kappa shape index (κ2) is 57.9. The first kappa shape index (κ1) is 66.3. The van der Waals surface area contributed by atoms with Crippen molar-refractivity contribution in [3.63, 3.8) is 0 Å². The van der Waals surface area contributed by atoms with Crippen LogP contribution in [0.5, 0.6) is 0 Å². The molecule has 0 bridgehead atoms. The Kier molecular flexibility index (Phi) is 54.9. The number of ether oxygens (including phenoxy) is 3. The number of allylic oxidation sites excluding steroid dienone is 16. The van der Waals surface area contributed by atoms with Gasteiger partial charge in [0.2, 0.25) is 0 Å². The van der Waals surface area contributed by atoms with Crippen molar-refractivity contribution in [2.75, 3.05) is 13.2 Å². The number of carbonyl (C=O) groups is 3. The van der Waals surface area contributed by atoms with Crippen LogP contribution in [0.15, 0.2) is 97.2 Å². The van der Waals surface area contributed by atoms with Gasteiger partial charge in [0.1, 0.15) is 13.2 Å². The summed E-state index contributed by atoms with van der Waals surface area (Å²) < 4.78 is 16.8. The summed E-state index contributed by atoms with van der Waals surface area (Å²) in [6.45, 7) is 6.43. The van der Waals surface area contributed by atoms with Crippen LogP contribution in [0.25, 0.3) is 0 Å². The first-order chi connectivity index (χ1) is 34.5. The van der Waals surface area contributed by atoms with Gasteiger partial charge in [0.05, 0.1) is 0 Å². The van der Waals surface area contributed by atoms with Gasteiger partial charge >= 0.3 is 17.9 Å². The van der Waals surface area contributed by atoms with Gasteiger partial charge in [0, 0.05) is 19.3 Å². The fraction of sp³-hybridized carbons (Fsp3) is 0.703. The van der Waals surface area contributed by atoms with Gasteiger partial charge in [-0.25, -0.2) is 0 Å². The lowest BCUT2D eigenvalue weighted by Gasteiger charge is -2.18. The number of hydrogen-bond donors (Lipinski definition) is 0. The molecule has 1 unspecified atom stereocenters. The highest BCUT2D eigenvalue weighted by atomic mass is 16.6. The van der Waals surface area contributed by atoms with E-state index in [9.17, 15) is 14.4 Å². The van der Waals surface area contributed by atoms with E-state index in [1.54, 1.807) is 0 Å². The molecule has 0 rings (SSSR count). The summed E-state index contributed by atoms with van der Waals surface area (Å²) in [6.07, 6.45) is 76.9. The number of rotatable bonds is 52. The minimum atomic E-state index is -0.801. The summed E-state index contributed by atoms with van der Waals surface area (Å²) >= 11 is 0. The minimum absolute atomic E-state index is 0.0976. The largest absolute Gasteiger partial charge is 0.462 e. The van der Waals surface area contributed by atoms with Gasteiger partial charge in [-0.2, -0.15) is 0 Å². The number of carbonyl (C=O) groups excluding carboxylic acids is 3. The van der Waals surface area contributed by atoms with E-state index in [2.05, 4.69) is 118 Å². The first-order valence-electron chi connectivity index (χ1n) is 29.2. The van der Waals surface area contributed by atoms with Gasteiger partial charge in [-0.3, -0.25) is 14.4 Å². The normalized spacial score (nSPS) is 12.8. The Labute approximate surface area is 432 Å². The van der Waals surface area contributed by atoms with Crippen LogP contribution in [-0.4, -0.2) is 37.2 Å². The monoisotopic (exact) mass is 973 g/mol. The van der Waals surface area contributed by atoms with Crippen LogP contribution in [0.2, 0.25) is 0 Å². The quantitative estimate of drug-likeness (QED) is 0.0262. The molecule has 1 atom stereocenters. The van der Waals surface area contributed by atoms with Crippen LogP contribution >= 0.6 is 0 Å². The molecule has 0 saturated heterocycles. The molecule has 0 aliphatic carbocycles. The van der Waals surface area contributed by atoms with E-state index in [4.69, 9.17) is 14.2 Å². The summed E-state index contributed by atoms with van der Waals surface area (Å²) in [4.78, 5) is 38.2. The van der Waals surface area contributed by atoms with E-state index >= 15 is 0 Å². The number of esters is 3. The van der Waals surface area contributed by atoms with E-state index in [0.717, 1.165) is 128 Å². The van der Waals surface area contributed by atoms with E-state index < -0.39 is 6.10 Å². The molecule has 70 heavy (non-hydrogen) atoms. The van der Waals surface area contributed by atoms with Crippen LogP contribution in [0.3, 0.4) is 0 Å². The Hall–Kier alpha value is -3.67. The van der Waals surface area contributed by atoms with Crippen LogP contribution in [0, 0.1) is 0 Å². The van der Waals surface area contributed by atoms with Crippen molar-refractivity contribution in [2.45, 2.75) is 277 Å². The molecule has 0 spiro atoms. The molecule has 400 valence electrons. The van der Waals surface area contributed by atoms with Crippen LogP contribution in [0.4, 0.5) is 0 Å². The molecule has 0 aliphatic rings. The smallest absolute Gasteiger partial charge is 0.306 e. The second-order valence-electron chi connectivity index (χ2n) is 19.2. The Morgan fingerprint density at radius 3 is 0.957 bits per heavy atom. The third-order valence-corrected chi connectivity index (χ3v) is 12.3. The topological polar surface area (TPSA) is 78.9 Å². The van der Waals surface area contributed by atoms with Gasteiger partial charge in [-0.15, -0.1) is 0 Å². The Balaban J connectivity index is 4.45. The SMILES string of the molecule is CC/C=C\C/C=C\C/C=C\C/C=C\C/C=C\C/C=C\CCCCC(=O)OCC(COC(=O)CCCCCCC/C=C\C/C=C\CCC)OC(=O)CCCCCCCCCCCCCCCCCCCC. The van der Waals surface area contributed by atoms with Crippen molar-refractivity contribution < 1.29 is 28.6 Å². The zero-order chi connectivity index (χ0) is 50.7. The summed E-state index contributed by atoms with van der Waals surface area (Å²) in [6, 6.07) is 0. The maximum atomic E-state index is 12.9. The number of hydrogen-bond acceptors (Lipinski definition) is 6. The Morgan fingerprint density at radius 2 is 0.586 bits per heavy atom. The van der Waals surface area contributed by atoms with Crippen molar-refractivity contribution >= 4 is 17.9 Å². The lowest BCUT2D eigenvalue weighted by molar-refractivity contribution is -0.167. The molecule has 0 N–H and O–H groups in total.